The van der Waals surface area contributed by atoms with Crippen LogP contribution in [0.5, 0.6) is 0 Å². The second kappa shape index (κ2) is 5.72. The summed E-state index contributed by atoms with van der Waals surface area (Å²) in [5.41, 5.74) is 0.00287. The molecule has 5 nitrogen and oxygen atoms in total. The van der Waals surface area contributed by atoms with Crippen LogP contribution in [0.3, 0.4) is 0 Å². The molecule has 0 aromatic carbocycles. The summed E-state index contributed by atoms with van der Waals surface area (Å²) in [7, 11) is 3.30. The van der Waals surface area contributed by atoms with Gasteiger partial charge in [-0.25, -0.2) is 4.79 Å². The van der Waals surface area contributed by atoms with E-state index in [-0.39, 0.29) is 29.9 Å². The van der Waals surface area contributed by atoms with E-state index >= 15 is 0 Å². The zero-order valence-corrected chi connectivity index (χ0v) is 11.0. The van der Waals surface area contributed by atoms with E-state index in [1.165, 1.54) is 4.90 Å². The average Bonchev–Trinajstić information content (AvgIpc) is 2.12. The van der Waals surface area contributed by atoms with Gasteiger partial charge >= 0.3 is 6.03 Å². The molecule has 3 amide bonds. The van der Waals surface area contributed by atoms with Crippen molar-refractivity contribution in [3.05, 3.63) is 0 Å². The summed E-state index contributed by atoms with van der Waals surface area (Å²) >= 11 is 0. The van der Waals surface area contributed by atoms with E-state index in [4.69, 9.17) is 0 Å². The standard InChI is InChI=1S/C11H23N3O2/c1-8(11(2,3)4)13-10(16)12-7-9(15)14(5)6/h8H,7H2,1-6H3,(H2,12,13,16). The molecule has 0 saturated carbocycles. The Kier molecular flexibility index (Phi) is 5.27. The molecule has 0 saturated heterocycles. The third-order valence-electron chi connectivity index (χ3n) is 2.55. The van der Waals surface area contributed by atoms with Gasteiger partial charge in [-0.2, -0.15) is 0 Å². The first kappa shape index (κ1) is 14.7. The van der Waals surface area contributed by atoms with E-state index in [1.807, 2.05) is 27.7 Å². The number of nitrogens with zero attached hydrogens (tertiary/aromatic N) is 1. The molecule has 0 aromatic rings. The Morgan fingerprint density at radius 1 is 1.25 bits per heavy atom. The second-order valence-corrected chi connectivity index (χ2v) is 5.20. The summed E-state index contributed by atoms with van der Waals surface area (Å²) < 4.78 is 0. The van der Waals surface area contributed by atoms with Crippen molar-refractivity contribution in [1.29, 1.82) is 0 Å². The number of amides is 3. The van der Waals surface area contributed by atoms with E-state index in [9.17, 15) is 9.59 Å². The largest absolute Gasteiger partial charge is 0.347 e. The molecule has 0 fully saturated rings. The SMILES string of the molecule is CC(NC(=O)NCC(=O)N(C)C)C(C)(C)C. The highest BCUT2D eigenvalue weighted by molar-refractivity contribution is 5.83. The molecule has 0 aliphatic heterocycles. The first-order valence-electron chi connectivity index (χ1n) is 5.39. The van der Waals surface area contributed by atoms with E-state index in [0.29, 0.717) is 0 Å². The summed E-state index contributed by atoms with van der Waals surface area (Å²) in [6, 6.07) is -0.264. The van der Waals surface area contributed by atoms with Gasteiger partial charge in [0, 0.05) is 20.1 Å². The lowest BCUT2D eigenvalue weighted by Crippen LogP contribution is -2.48. The summed E-state index contributed by atoms with van der Waals surface area (Å²) in [6.45, 7) is 8.10. The topological polar surface area (TPSA) is 61.4 Å². The molecule has 0 aliphatic rings. The predicted octanol–water partition coefficient (Wildman–Crippen LogP) is 0.808. The van der Waals surface area contributed by atoms with Gasteiger partial charge in [0.1, 0.15) is 0 Å². The Morgan fingerprint density at radius 2 is 1.75 bits per heavy atom. The van der Waals surface area contributed by atoms with Crippen LogP contribution in [0, 0.1) is 5.41 Å². The second-order valence-electron chi connectivity index (χ2n) is 5.20. The van der Waals surface area contributed by atoms with Crippen LogP contribution >= 0.6 is 0 Å². The fourth-order valence-corrected chi connectivity index (χ4v) is 0.778. The molecule has 0 heterocycles. The smallest absolute Gasteiger partial charge is 0.315 e. The number of hydrogen-bond acceptors (Lipinski definition) is 2. The quantitative estimate of drug-likeness (QED) is 0.752. The van der Waals surface area contributed by atoms with Crippen molar-refractivity contribution in [1.82, 2.24) is 15.5 Å². The maximum Gasteiger partial charge on any atom is 0.315 e. The van der Waals surface area contributed by atoms with Crippen molar-refractivity contribution in [3.63, 3.8) is 0 Å². The lowest BCUT2D eigenvalue weighted by molar-refractivity contribution is -0.127. The van der Waals surface area contributed by atoms with Crippen LogP contribution in [0.25, 0.3) is 0 Å². The molecule has 2 N–H and O–H groups in total. The summed E-state index contributed by atoms with van der Waals surface area (Å²) in [6.07, 6.45) is 0. The van der Waals surface area contributed by atoms with Crippen molar-refractivity contribution in [3.8, 4) is 0 Å². The predicted molar refractivity (Wildman–Crippen MR) is 64.1 cm³/mol. The molecule has 0 bridgehead atoms. The van der Waals surface area contributed by atoms with Crippen LogP contribution in [0.4, 0.5) is 4.79 Å². The minimum atomic E-state index is -0.308. The first-order valence-corrected chi connectivity index (χ1v) is 5.39. The number of carbonyl (C=O) groups is 2. The van der Waals surface area contributed by atoms with Gasteiger partial charge in [0.2, 0.25) is 5.91 Å². The fourth-order valence-electron chi connectivity index (χ4n) is 0.778. The van der Waals surface area contributed by atoms with Crippen molar-refractivity contribution in [2.24, 2.45) is 5.41 Å². The van der Waals surface area contributed by atoms with Crippen molar-refractivity contribution in [2.45, 2.75) is 33.7 Å². The van der Waals surface area contributed by atoms with Gasteiger partial charge in [-0.15, -0.1) is 0 Å². The molecule has 1 unspecified atom stereocenters. The zero-order valence-electron chi connectivity index (χ0n) is 11.0. The minimum absolute atomic E-state index is 0.00287. The molecular weight excluding hydrogens is 206 g/mol. The lowest BCUT2D eigenvalue weighted by atomic mass is 9.88. The average molecular weight is 229 g/mol. The number of rotatable bonds is 3. The summed E-state index contributed by atoms with van der Waals surface area (Å²) in [5, 5.41) is 5.32. The van der Waals surface area contributed by atoms with Crippen LogP contribution < -0.4 is 10.6 Å². The third kappa shape index (κ3) is 5.58. The van der Waals surface area contributed by atoms with Crippen LogP contribution in [0.2, 0.25) is 0 Å². The maximum atomic E-state index is 11.4. The van der Waals surface area contributed by atoms with E-state index in [0.717, 1.165) is 0 Å². The Hall–Kier alpha value is -1.26. The molecule has 0 aromatic heterocycles. The van der Waals surface area contributed by atoms with Gasteiger partial charge < -0.3 is 15.5 Å². The molecule has 0 radical (unpaired) electrons. The summed E-state index contributed by atoms with van der Waals surface area (Å²) in [4.78, 5) is 24.1. The third-order valence-corrected chi connectivity index (χ3v) is 2.55. The monoisotopic (exact) mass is 229 g/mol. The Bertz CT molecular complexity index is 256. The zero-order chi connectivity index (χ0) is 12.9. The summed E-state index contributed by atoms with van der Waals surface area (Å²) in [5.74, 6) is -0.126. The maximum absolute atomic E-state index is 11.4. The highest BCUT2D eigenvalue weighted by Crippen LogP contribution is 2.18. The van der Waals surface area contributed by atoms with Gasteiger partial charge in [0.15, 0.2) is 0 Å². The minimum Gasteiger partial charge on any atom is -0.347 e. The van der Waals surface area contributed by atoms with Crippen LogP contribution in [0.1, 0.15) is 27.7 Å². The molecule has 0 rings (SSSR count). The molecule has 5 heteroatoms. The van der Waals surface area contributed by atoms with Gasteiger partial charge in [-0.05, 0) is 12.3 Å². The van der Waals surface area contributed by atoms with Crippen molar-refractivity contribution < 1.29 is 9.59 Å². The van der Waals surface area contributed by atoms with E-state index in [2.05, 4.69) is 10.6 Å². The molecule has 0 spiro atoms. The number of likely N-dealkylation sites (N-methyl/N-ethyl adjacent to an activating group) is 1. The van der Waals surface area contributed by atoms with Crippen molar-refractivity contribution in [2.75, 3.05) is 20.6 Å². The molecule has 94 valence electrons. The van der Waals surface area contributed by atoms with Gasteiger partial charge in [-0.1, -0.05) is 20.8 Å². The molecule has 16 heavy (non-hydrogen) atoms. The Labute approximate surface area is 97.6 Å². The van der Waals surface area contributed by atoms with E-state index < -0.39 is 0 Å². The number of nitrogens with one attached hydrogen (secondary N) is 2. The molecule has 0 aliphatic carbocycles. The number of carbonyl (C=O) groups excluding carboxylic acids is 2. The van der Waals surface area contributed by atoms with E-state index in [1.54, 1.807) is 14.1 Å². The van der Waals surface area contributed by atoms with Gasteiger partial charge in [0.25, 0.3) is 0 Å². The Balaban J connectivity index is 3.97. The van der Waals surface area contributed by atoms with Gasteiger partial charge in [0.05, 0.1) is 6.54 Å². The van der Waals surface area contributed by atoms with Crippen LogP contribution in [-0.4, -0.2) is 43.5 Å². The van der Waals surface area contributed by atoms with Crippen LogP contribution in [0.15, 0.2) is 0 Å². The highest BCUT2D eigenvalue weighted by Gasteiger charge is 2.21. The van der Waals surface area contributed by atoms with Gasteiger partial charge in [-0.3, -0.25) is 4.79 Å². The normalized spacial score (nSPS) is 12.9. The fraction of sp³-hybridized carbons (Fsp3) is 0.818. The highest BCUT2D eigenvalue weighted by atomic mass is 16.2. The van der Waals surface area contributed by atoms with Crippen molar-refractivity contribution >= 4 is 11.9 Å². The Morgan fingerprint density at radius 3 is 2.12 bits per heavy atom. The van der Waals surface area contributed by atoms with Crippen LogP contribution in [-0.2, 0) is 4.79 Å². The lowest BCUT2D eigenvalue weighted by Gasteiger charge is -2.28. The first-order chi connectivity index (χ1) is 7.14. The molecule has 1 atom stereocenters. The number of hydrogen-bond donors (Lipinski definition) is 2. The number of urea groups is 1. The molecular formula is C11H23N3O2.